The standard InChI is InChI=1S/C32H37ClF3N5O2/c1-18-8-7-9-24(18)28(17-38-30(42)43-31(4,5)6)37-16-22-11-10-21(14-25(22)32(34,35)36)19(2)39-20(3)29-40-26-13-12-23(33)15-27(26)41-29/h10-15,20,39H,2,7-9,16-17H2,1,3-6H3,(H,38,42)(H,40,41)/b37-28-. The van der Waals surface area contributed by atoms with E-state index < -0.39 is 23.4 Å². The minimum atomic E-state index is -4.61. The maximum Gasteiger partial charge on any atom is 0.416 e. The third kappa shape index (κ3) is 8.40. The maximum atomic E-state index is 14.3. The summed E-state index contributed by atoms with van der Waals surface area (Å²) in [6.45, 7) is 12.9. The number of H-pyrrole nitrogens is 1. The van der Waals surface area contributed by atoms with Crippen molar-refractivity contribution in [2.24, 2.45) is 4.99 Å². The molecule has 2 aromatic carbocycles. The summed E-state index contributed by atoms with van der Waals surface area (Å²) >= 11 is 6.06. The summed E-state index contributed by atoms with van der Waals surface area (Å²) in [7, 11) is 0. The van der Waals surface area contributed by atoms with Crippen LogP contribution >= 0.6 is 11.6 Å². The Morgan fingerprint density at radius 1 is 1.19 bits per heavy atom. The van der Waals surface area contributed by atoms with Crippen molar-refractivity contribution in [2.45, 2.75) is 78.2 Å². The SMILES string of the molecule is C=C(NC(C)c1nc2ccc(Cl)cc2[nH]1)c1ccc(C/N=C(/CNC(=O)OC(C)(C)C)C2=C(C)CCC2)c(C(F)(F)F)c1. The molecule has 0 saturated carbocycles. The first-order valence-electron chi connectivity index (χ1n) is 14.1. The topological polar surface area (TPSA) is 91.4 Å². The van der Waals surface area contributed by atoms with Crippen LogP contribution in [0.15, 0.2) is 59.1 Å². The van der Waals surface area contributed by atoms with Crippen molar-refractivity contribution in [3.05, 3.63) is 81.7 Å². The number of alkyl carbamates (subject to hydrolysis) is 1. The molecule has 11 heteroatoms. The number of carbonyl (C=O) groups is 1. The second kappa shape index (κ2) is 12.8. The van der Waals surface area contributed by atoms with Crippen LogP contribution in [0.3, 0.4) is 0 Å². The number of hydrogen-bond donors (Lipinski definition) is 3. The van der Waals surface area contributed by atoms with Crippen molar-refractivity contribution in [3.8, 4) is 0 Å². The van der Waals surface area contributed by atoms with Gasteiger partial charge in [-0.15, -0.1) is 0 Å². The largest absolute Gasteiger partial charge is 0.444 e. The number of hydrogen-bond acceptors (Lipinski definition) is 5. The third-order valence-corrected chi connectivity index (χ3v) is 7.34. The summed E-state index contributed by atoms with van der Waals surface area (Å²) in [6, 6.07) is 9.04. The van der Waals surface area contributed by atoms with Crippen molar-refractivity contribution < 1.29 is 22.7 Å². The molecule has 1 aliphatic carbocycles. The van der Waals surface area contributed by atoms with Crippen LogP contribution in [0.5, 0.6) is 0 Å². The van der Waals surface area contributed by atoms with Gasteiger partial charge in [-0.25, -0.2) is 9.78 Å². The van der Waals surface area contributed by atoms with Crippen LogP contribution < -0.4 is 10.6 Å². The molecule has 4 rings (SSSR count). The highest BCUT2D eigenvalue weighted by Crippen LogP contribution is 2.35. The summed E-state index contributed by atoms with van der Waals surface area (Å²) < 4.78 is 48.1. The molecule has 3 N–H and O–H groups in total. The van der Waals surface area contributed by atoms with Crippen molar-refractivity contribution in [1.29, 1.82) is 0 Å². The first-order valence-corrected chi connectivity index (χ1v) is 14.5. The molecule has 43 heavy (non-hydrogen) atoms. The number of nitrogens with one attached hydrogen (secondary N) is 3. The van der Waals surface area contributed by atoms with Gasteiger partial charge in [0, 0.05) is 10.7 Å². The summed E-state index contributed by atoms with van der Waals surface area (Å²) in [6.07, 6.45) is -2.64. The molecule has 1 atom stereocenters. The Balaban J connectivity index is 1.54. The fourth-order valence-corrected chi connectivity index (χ4v) is 5.15. The van der Waals surface area contributed by atoms with E-state index in [2.05, 4.69) is 32.2 Å². The summed E-state index contributed by atoms with van der Waals surface area (Å²) in [5.74, 6) is 0.601. The highest BCUT2D eigenvalue weighted by molar-refractivity contribution is 6.31. The van der Waals surface area contributed by atoms with E-state index in [0.29, 0.717) is 27.8 Å². The van der Waals surface area contributed by atoms with E-state index in [0.717, 1.165) is 47.5 Å². The Hall–Kier alpha value is -3.79. The number of halogens is 4. The molecule has 230 valence electrons. The number of nitrogens with zero attached hydrogens (tertiary/aromatic N) is 2. The van der Waals surface area contributed by atoms with E-state index in [-0.39, 0.29) is 24.7 Å². The Kier molecular flexibility index (Phi) is 9.59. The molecular weight excluding hydrogens is 579 g/mol. The number of alkyl halides is 3. The monoisotopic (exact) mass is 615 g/mol. The van der Waals surface area contributed by atoms with Crippen LogP contribution in [-0.4, -0.2) is 33.9 Å². The van der Waals surface area contributed by atoms with Gasteiger partial charge in [0.1, 0.15) is 11.4 Å². The molecule has 1 aliphatic rings. The van der Waals surface area contributed by atoms with Crippen LogP contribution in [0.25, 0.3) is 16.7 Å². The van der Waals surface area contributed by atoms with Crippen LogP contribution in [-0.2, 0) is 17.5 Å². The summed E-state index contributed by atoms with van der Waals surface area (Å²) in [4.78, 5) is 24.6. The van der Waals surface area contributed by atoms with Crippen molar-refractivity contribution in [1.82, 2.24) is 20.6 Å². The molecule has 3 aromatic rings. The fourth-order valence-electron chi connectivity index (χ4n) is 4.98. The maximum absolute atomic E-state index is 14.3. The molecule has 1 heterocycles. The zero-order chi connectivity index (χ0) is 31.5. The molecule has 0 spiro atoms. The van der Waals surface area contributed by atoms with E-state index >= 15 is 0 Å². The number of aromatic nitrogens is 2. The van der Waals surface area contributed by atoms with Gasteiger partial charge >= 0.3 is 12.3 Å². The molecular formula is C32H37ClF3N5O2. The van der Waals surface area contributed by atoms with Gasteiger partial charge in [0.2, 0.25) is 0 Å². The van der Waals surface area contributed by atoms with E-state index in [9.17, 15) is 18.0 Å². The number of amides is 1. The molecule has 1 amide bonds. The van der Waals surface area contributed by atoms with Crippen LogP contribution in [0, 0.1) is 0 Å². The van der Waals surface area contributed by atoms with Crippen LogP contribution in [0.1, 0.15) is 82.4 Å². The lowest BCUT2D eigenvalue weighted by Crippen LogP contribution is -2.36. The van der Waals surface area contributed by atoms with Gasteiger partial charge in [-0.2, -0.15) is 13.2 Å². The number of benzene rings is 2. The van der Waals surface area contributed by atoms with Crippen molar-refractivity contribution in [3.63, 3.8) is 0 Å². The van der Waals surface area contributed by atoms with Gasteiger partial charge in [0.15, 0.2) is 0 Å². The van der Waals surface area contributed by atoms with Gasteiger partial charge in [-0.05, 0) is 94.8 Å². The summed E-state index contributed by atoms with van der Waals surface area (Å²) in [5.41, 5.74) is 3.32. The molecule has 0 aliphatic heterocycles. The van der Waals surface area contributed by atoms with E-state index in [1.54, 1.807) is 45.0 Å². The first-order chi connectivity index (χ1) is 20.1. The van der Waals surface area contributed by atoms with Crippen LogP contribution in [0.2, 0.25) is 5.02 Å². The summed E-state index contributed by atoms with van der Waals surface area (Å²) in [5, 5.41) is 6.42. The van der Waals surface area contributed by atoms with E-state index in [1.165, 1.54) is 6.07 Å². The van der Waals surface area contributed by atoms with Crippen molar-refractivity contribution in [2.75, 3.05) is 6.54 Å². The molecule has 7 nitrogen and oxygen atoms in total. The van der Waals surface area contributed by atoms with Gasteiger partial charge in [0.05, 0.1) is 41.4 Å². The molecule has 1 aromatic heterocycles. The normalized spacial score (nSPS) is 15.1. The zero-order valence-electron chi connectivity index (χ0n) is 25.0. The predicted octanol–water partition coefficient (Wildman–Crippen LogP) is 8.52. The quantitative estimate of drug-likeness (QED) is 0.210. The Bertz CT molecular complexity index is 1580. The predicted molar refractivity (Wildman–Crippen MR) is 165 cm³/mol. The highest BCUT2D eigenvalue weighted by Gasteiger charge is 2.34. The number of aromatic amines is 1. The van der Waals surface area contributed by atoms with E-state index in [4.69, 9.17) is 16.3 Å². The van der Waals surface area contributed by atoms with Gasteiger partial charge < -0.3 is 20.4 Å². The lowest BCUT2D eigenvalue weighted by Gasteiger charge is -2.20. The molecule has 0 fully saturated rings. The molecule has 0 radical (unpaired) electrons. The third-order valence-electron chi connectivity index (χ3n) is 7.11. The molecule has 0 bridgehead atoms. The van der Waals surface area contributed by atoms with Gasteiger partial charge in [-0.3, -0.25) is 4.99 Å². The van der Waals surface area contributed by atoms with Crippen molar-refractivity contribution >= 4 is 40.1 Å². The highest BCUT2D eigenvalue weighted by atomic mass is 35.5. The lowest BCUT2D eigenvalue weighted by molar-refractivity contribution is -0.138. The Labute approximate surface area is 254 Å². The number of allylic oxidation sites excluding steroid dienone is 1. The van der Waals surface area contributed by atoms with Gasteiger partial charge in [0.25, 0.3) is 0 Å². The Morgan fingerprint density at radius 3 is 2.58 bits per heavy atom. The zero-order valence-corrected chi connectivity index (χ0v) is 25.8. The number of fused-ring (bicyclic) bond motifs is 1. The second-order valence-corrected chi connectivity index (χ2v) is 12.2. The fraction of sp³-hybridized carbons (Fsp3) is 0.406. The average Bonchev–Trinajstić information content (AvgIpc) is 3.53. The smallest absolute Gasteiger partial charge is 0.416 e. The minimum Gasteiger partial charge on any atom is -0.444 e. The first kappa shape index (κ1) is 32.1. The number of aliphatic imine (C=N–C) groups is 1. The minimum absolute atomic E-state index is 0.0253. The number of carbonyl (C=O) groups excluding carboxylic acids is 1. The lowest BCUT2D eigenvalue weighted by atomic mass is 10.0. The average molecular weight is 616 g/mol. The number of imidazole rings is 1. The Morgan fingerprint density at radius 2 is 1.93 bits per heavy atom. The molecule has 0 saturated heterocycles. The van der Waals surface area contributed by atoms with Crippen LogP contribution in [0.4, 0.5) is 18.0 Å². The van der Waals surface area contributed by atoms with Gasteiger partial charge in [-0.1, -0.05) is 35.9 Å². The number of rotatable bonds is 9. The second-order valence-electron chi connectivity index (χ2n) is 11.7. The molecule has 1 unspecified atom stereocenters. The van der Waals surface area contributed by atoms with E-state index in [1.807, 2.05) is 13.8 Å². The number of ether oxygens (including phenoxy) is 1.